The Hall–Kier alpha value is -1.14. The van der Waals surface area contributed by atoms with Crippen molar-refractivity contribution in [2.45, 2.75) is 19.8 Å². The Bertz CT molecular complexity index is 384. The first kappa shape index (κ1) is 13.3. The van der Waals surface area contributed by atoms with Crippen molar-refractivity contribution in [2.75, 3.05) is 38.1 Å². The summed E-state index contributed by atoms with van der Waals surface area (Å²) in [5, 5.41) is 3.29. The fourth-order valence-corrected chi connectivity index (χ4v) is 2.09. The topological polar surface area (TPSA) is 63.2 Å². The van der Waals surface area contributed by atoms with Crippen LogP contribution < -0.4 is 10.1 Å². The summed E-state index contributed by atoms with van der Waals surface area (Å²) in [6.07, 6.45) is 2.60. The summed E-state index contributed by atoms with van der Waals surface area (Å²) in [4.78, 5) is 14.4. The van der Waals surface area contributed by atoms with Crippen LogP contribution in [-0.4, -0.2) is 52.6 Å². The molecule has 0 aromatic carbocycles. The van der Waals surface area contributed by atoms with Gasteiger partial charge in [0, 0.05) is 13.1 Å². The Labute approximate surface area is 112 Å². The fraction of sp³-hybridized carbons (Fsp3) is 0.727. The highest BCUT2D eigenvalue weighted by Gasteiger charge is 2.11. The molecular weight excluding hydrogens is 254 g/mol. The van der Waals surface area contributed by atoms with Gasteiger partial charge in [-0.25, -0.2) is 0 Å². The highest BCUT2D eigenvalue weighted by Crippen LogP contribution is 2.11. The predicted octanol–water partition coefficient (Wildman–Crippen LogP) is 1.43. The minimum absolute atomic E-state index is 0.150. The van der Waals surface area contributed by atoms with E-state index in [9.17, 15) is 0 Å². The van der Waals surface area contributed by atoms with Gasteiger partial charge in [-0.15, -0.1) is 0 Å². The van der Waals surface area contributed by atoms with Crippen LogP contribution in [0.2, 0.25) is 5.28 Å². The second-order valence-corrected chi connectivity index (χ2v) is 4.46. The van der Waals surface area contributed by atoms with Gasteiger partial charge in [0.05, 0.1) is 6.61 Å². The lowest BCUT2D eigenvalue weighted by atomic mass is 10.4. The van der Waals surface area contributed by atoms with Crippen LogP contribution in [0.4, 0.5) is 5.95 Å². The SMILES string of the molecule is CCOc1nc(Cl)nc(NCCN2CCCC2)n1. The van der Waals surface area contributed by atoms with Crippen LogP contribution in [0.15, 0.2) is 0 Å². The molecule has 0 saturated carbocycles. The molecule has 100 valence electrons. The number of hydrogen-bond donors (Lipinski definition) is 1. The zero-order chi connectivity index (χ0) is 12.8. The number of rotatable bonds is 6. The summed E-state index contributed by atoms with van der Waals surface area (Å²) in [5.74, 6) is 0.470. The number of ether oxygens (including phenoxy) is 1. The van der Waals surface area contributed by atoms with Gasteiger partial charge < -0.3 is 15.0 Å². The second kappa shape index (κ2) is 6.70. The van der Waals surface area contributed by atoms with E-state index in [2.05, 4.69) is 25.2 Å². The predicted molar refractivity (Wildman–Crippen MR) is 70.2 cm³/mol. The Balaban J connectivity index is 1.83. The molecule has 1 saturated heterocycles. The Morgan fingerprint density at radius 3 is 2.78 bits per heavy atom. The van der Waals surface area contributed by atoms with Gasteiger partial charge in [-0.05, 0) is 44.5 Å². The first-order chi connectivity index (χ1) is 8.78. The summed E-state index contributed by atoms with van der Waals surface area (Å²) in [5.41, 5.74) is 0. The van der Waals surface area contributed by atoms with Gasteiger partial charge in [0.15, 0.2) is 0 Å². The number of nitrogens with zero attached hydrogens (tertiary/aromatic N) is 4. The molecule has 7 heteroatoms. The van der Waals surface area contributed by atoms with E-state index >= 15 is 0 Å². The molecular formula is C11H18ClN5O. The minimum Gasteiger partial charge on any atom is -0.464 e. The molecule has 0 atom stereocenters. The van der Waals surface area contributed by atoms with E-state index in [0.717, 1.165) is 13.1 Å². The molecule has 0 radical (unpaired) electrons. The average Bonchev–Trinajstić information content (AvgIpc) is 2.82. The first-order valence-electron chi connectivity index (χ1n) is 6.28. The lowest BCUT2D eigenvalue weighted by molar-refractivity contribution is 0.311. The Morgan fingerprint density at radius 2 is 2.06 bits per heavy atom. The summed E-state index contributed by atoms with van der Waals surface area (Å²) < 4.78 is 5.21. The van der Waals surface area contributed by atoms with Crippen molar-refractivity contribution in [3.8, 4) is 6.01 Å². The molecule has 1 aromatic heterocycles. The lowest BCUT2D eigenvalue weighted by Crippen LogP contribution is -2.26. The zero-order valence-electron chi connectivity index (χ0n) is 10.5. The maximum Gasteiger partial charge on any atom is 0.322 e. The van der Waals surface area contributed by atoms with Gasteiger partial charge in [0.1, 0.15) is 0 Å². The summed E-state index contributed by atoms with van der Waals surface area (Å²) >= 11 is 5.80. The molecule has 1 fully saturated rings. The molecule has 1 aliphatic rings. The molecule has 18 heavy (non-hydrogen) atoms. The smallest absolute Gasteiger partial charge is 0.322 e. The van der Waals surface area contributed by atoms with E-state index < -0.39 is 0 Å². The Kier molecular flexibility index (Phi) is 4.95. The number of hydrogen-bond acceptors (Lipinski definition) is 6. The maximum absolute atomic E-state index is 5.80. The van der Waals surface area contributed by atoms with Gasteiger partial charge in [0.25, 0.3) is 0 Å². The number of nitrogens with one attached hydrogen (secondary N) is 1. The molecule has 6 nitrogen and oxygen atoms in total. The fourth-order valence-electron chi connectivity index (χ4n) is 1.94. The van der Waals surface area contributed by atoms with Gasteiger partial charge in [-0.3, -0.25) is 0 Å². The van der Waals surface area contributed by atoms with Crippen LogP contribution in [0, 0.1) is 0 Å². The van der Waals surface area contributed by atoms with Gasteiger partial charge in [-0.1, -0.05) is 0 Å². The normalized spacial score (nSPS) is 15.9. The van der Waals surface area contributed by atoms with E-state index in [4.69, 9.17) is 16.3 Å². The largest absolute Gasteiger partial charge is 0.464 e. The van der Waals surface area contributed by atoms with Crippen molar-refractivity contribution in [1.82, 2.24) is 19.9 Å². The van der Waals surface area contributed by atoms with Gasteiger partial charge in [-0.2, -0.15) is 15.0 Å². The van der Waals surface area contributed by atoms with Crippen molar-refractivity contribution in [2.24, 2.45) is 0 Å². The third kappa shape index (κ3) is 3.96. The monoisotopic (exact) mass is 271 g/mol. The summed E-state index contributed by atoms with van der Waals surface area (Å²) in [6.45, 7) is 6.54. The average molecular weight is 272 g/mol. The molecule has 0 amide bonds. The lowest BCUT2D eigenvalue weighted by Gasteiger charge is -2.14. The number of likely N-dealkylation sites (tertiary alicyclic amines) is 1. The van der Waals surface area contributed by atoms with Crippen molar-refractivity contribution in [3.05, 3.63) is 5.28 Å². The third-order valence-electron chi connectivity index (χ3n) is 2.77. The van der Waals surface area contributed by atoms with E-state index in [1.54, 1.807) is 0 Å². The van der Waals surface area contributed by atoms with Gasteiger partial charge >= 0.3 is 6.01 Å². The highest BCUT2D eigenvalue weighted by molar-refractivity contribution is 6.28. The molecule has 1 aromatic rings. The molecule has 1 N–H and O–H groups in total. The standard InChI is InChI=1S/C11H18ClN5O/c1-2-18-11-15-9(12)14-10(16-11)13-5-8-17-6-3-4-7-17/h2-8H2,1H3,(H,13,14,15,16). The third-order valence-corrected chi connectivity index (χ3v) is 2.94. The highest BCUT2D eigenvalue weighted by atomic mass is 35.5. The molecule has 0 unspecified atom stereocenters. The van der Waals surface area contributed by atoms with Gasteiger partial charge in [0.2, 0.25) is 11.2 Å². The number of halogens is 1. The zero-order valence-corrected chi connectivity index (χ0v) is 11.3. The van der Waals surface area contributed by atoms with Crippen LogP contribution in [-0.2, 0) is 0 Å². The molecule has 0 aliphatic carbocycles. The molecule has 0 bridgehead atoms. The number of anilines is 1. The van der Waals surface area contributed by atoms with Crippen LogP contribution in [0.25, 0.3) is 0 Å². The first-order valence-corrected chi connectivity index (χ1v) is 6.66. The van der Waals surface area contributed by atoms with Crippen molar-refractivity contribution >= 4 is 17.5 Å². The van der Waals surface area contributed by atoms with Crippen LogP contribution in [0.3, 0.4) is 0 Å². The Morgan fingerprint density at radius 1 is 1.28 bits per heavy atom. The van der Waals surface area contributed by atoms with Crippen molar-refractivity contribution < 1.29 is 4.74 Å². The molecule has 2 heterocycles. The maximum atomic E-state index is 5.80. The summed E-state index contributed by atoms with van der Waals surface area (Å²) in [7, 11) is 0. The van der Waals surface area contributed by atoms with Crippen LogP contribution in [0.1, 0.15) is 19.8 Å². The van der Waals surface area contributed by atoms with E-state index in [1.165, 1.54) is 25.9 Å². The quantitative estimate of drug-likeness (QED) is 0.845. The molecule has 1 aliphatic heterocycles. The van der Waals surface area contributed by atoms with Crippen molar-refractivity contribution in [3.63, 3.8) is 0 Å². The second-order valence-electron chi connectivity index (χ2n) is 4.12. The van der Waals surface area contributed by atoms with Crippen molar-refractivity contribution in [1.29, 1.82) is 0 Å². The molecule has 0 spiro atoms. The van der Waals surface area contributed by atoms with Crippen LogP contribution >= 0.6 is 11.6 Å². The van der Waals surface area contributed by atoms with E-state index in [0.29, 0.717) is 12.6 Å². The minimum atomic E-state index is 0.150. The summed E-state index contributed by atoms with van der Waals surface area (Å²) in [6, 6.07) is 0.265. The molecule has 2 rings (SSSR count). The van der Waals surface area contributed by atoms with E-state index in [1.807, 2.05) is 6.92 Å². The van der Waals surface area contributed by atoms with Crippen LogP contribution in [0.5, 0.6) is 6.01 Å². The van der Waals surface area contributed by atoms with E-state index in [-0.39, 0.29) is 11.3 Å². The number of aromatic nitrogens is 3.